The molecule has 0 amide bonds. The Bertz CT molecular complexity index is 467. The van der Waals surface area contributed by atoms with Crippen LogP contribution < -0.4 is 0 Å². The van der Waals surface area contributed by atoms with E-state index in [-0.39, 0.29) is 53.2 Å². The molecule has 3 rings (SSSR count). The lowest BCUT2D eigenvalue weighted by molar-refractivity contribution is -0.166. The van der Waals surface area contributed by atoms with Crippen molar-refractivity contribution < 1.29 is 19.1 Å². The summed E-state index contributed by atoms with van der Waals surface area (Å²) in [4.78, 5) is 24.2. The summed E-state index contributed by atoms with van der Waals surface area (Å²) in [5.41, 5.74) is 0.0216. The largest absolute Gasteiger partial charge is 0.458 e. The van der Waals surface area contributed by atoms with E-state index in [1.807, 2.05) is 6.92 Å². The summed E-state index contributed by atoms with van der Waals surface area (Å²) >= 11 is 0. The third-order valence-corrected chi connectivity index (χ3v) is 5.87. The smallest absolute Gasteiger partial charge is 0.309 e. The first-order chi connectivity index (χ1) is 9.73. The second-order valence-electron chi connectivity index (χ2n) is 8.13. The monoisotopic (exact) mass is 294 g/mol. The Hall–Kier alpha value is -1.06. The van der Waals surface area contributed by atoms with E-state index in [0.717, 1.165) is 12.8 Å². The number of carbonyl (C=O) groups excluding carboxylic acids is 2. The number of ether oxygens (including phenoxy) is 2. The first-order valence-corrected chi connectivity index (χ1v) is 8.14. The van der Waals surface area contributed by atoms with Gasteiger partial charge in [0.2, 0.25) is 0 Å². The number of hydrogen-bond acceptors (Lipinski definition) is 4. The fourth-order valence-electron chi connectivity index (χ4n) is 4.94. The molecule has 4 heteroatoms. The van der Waals surface area contributed by atoms with E-state index in [1.165, 1.54) is 0 Å². The van der Waals surface area contributed by atoms with Crippen molar-refractivity contribution in [2.24, 2.45) is 35.0 Å². The van der Waals surface area contributed by atoms with Crippen LogP contribution in [0.4, 0.5) is 0 Å². The number of hydrogen-bond donors (Lipinski definition) is 0. The van der Waals surface area contributed by atoms with Crippen LogP contribution in [0.25, 0.3) is 0 Å². The molecular weight excluding hydrogens is 268 g/mol. The number of rotatable bonds is 4. The molecule has 0 aromatic heterocycles. The standard InChI is InChI=1S/C17H26O4/c1-8(2)6-9(3)15(18)20-13-11-7-10-12(17(11,4)5)14(13)21-16(10)19/h8-14H,6-7H2,1-5H3. The zero-order valence-corrected chi connectivity index (χ0v) is 13.6. The maximum Gasteiger partial charge on any atom is 0.309 e. The molecule has 0 aromatic rings. The zero-order chi connectivity index (χ0) is 15.5. The van der Waals surface area contributed by atoms with E-state index in [0.29, 0.717) is 5.92 Å². The zero-order valence-electron chi connectivity index (χ0n) is 13.6. The maximum absolute atomic E-state index is 12.3. The minimum atomic E-state index is -0.241. The van der Waals surface area contributed by atoms with Crippen molar-refractivity contribution in [1.82, 2.24) is 0 Å². The number of fused-ring (bicyclic) bond motifs is 1. The number of carbonyl (C=O) groups is 2. The second kappa shape index (κ2) is 4.72. The third-order valence-electron chi connectivity index (χ3n) is 5.87. The lowest BCUT2D eigenvalue weighted by Crippen LogP contribution is -2.37. The normalized spacial score (nSPS) is 40.5. The molecule has 2 saturated carbocycles. The van der Waals surface area contributed by atoms with E-state index in [1.54, 1.807) is 0 Å². The van der Waals surface area contributed by atoms with Gasteiger partial charge in [-0.1, -0.05) is 34.6 Å². The lowest BCUT2D eigenvalue weighted by Gasteiger charge is -2.27. The molecule has 3 aliphatic rings. The van der Waals surface area contributed by atoms with Gasteiger partial charge >= 0.3 is 11.9 Å². The van der Waals surface area contributed by atoms with Crippen LogP contribution in [0.2, 0.25) is 0 Å². The van der Waals surface area contributed by atoms with Crippen molar-refractivity contribution in [1.29, 1.82) is 0 Å². The molecule has 1 heterocycles. The first-order valence-electron chi connectivity index (χ1n) is 8.14. The van der Waals surface area contributed by atoms with Crippen molar-refractivity contribution in [3.63, 3.8) is 0 Å². The van der Waals surface area contributed by atoms with Crippen LogP contribution in [-0.2, 0) is 19.1 Å². The van der Waals surface area contributed by atoms with Crippen molar-refractivity contribution in [3.8, 4) is 0 Å². The van der Waals surface area contributed by atoms with Gasteiger partial charge in [-0.05, 0) is 24.2 Å². The summed E-state index contributed by atoms with van der Waals surface area (Å²) in [7, 11) is 0. The third kappa shape index (κ3) is 2.09. The molecule has 2 aliphatic carbocycles. The SMILES string of the molecule is CC(C)CC(C)C(=O)OC1C2OC(=O)C3CC1C(C)(C)C32. The quantitative estimate of drug-likeness (QED) is 0.748. The Morgan fingerprint density at radius 1 is 1.38 bits per heavy atom. The molecule has 2 bridgehead atoms. The molecule has 21 heavy (non-hydrogen) atoms. The molecule has 6 atom stereocenters. The molecule has 0 spiro atoms. The van der Waals surface area contributed by atoms with Gasteiger partial charge in [-0.25, -0.2) is 0 Å². The minimum Gasteiger partial charge on any atom is -0.458 e. The van der Waals surface area contributed by atoms with Gasteiger partial charge in [-0.2, -0.15) is 0 Å². The van der Waals surface area contributed by atoms with Gasteiger partial charge < -0.3 is 9.47 Å². The van der Waals surface area contributed by atoms with E-state index in [2.05, 4.69) is 27.7 Å². The molecular formula is C17H26O4. The van der Waals surface area contributed by atoms with Crippen LogP contribution in [0.3, 0.4) is 0 Å². The maximum atomic E-state index is 12.3. The van der Waals surface area contributed by atoms with Crippen molar-refractivity contribution in [2.45, 2.75) is 59.7 Å². The van der Waals surface area contributed by atoms with E-state index >= 15 is 0 Å². The molecule has 1 aliphatic heterocycles. The van der Waals surface area contributed by atoms with Gasteiger partial charge in [-0.15, -0.1) is 0 Å². The predicted molar refractivity (Wildman–Crippen MR) is 77.2 cm³/mol. The highest BCUT2D eigenvalue weighted by atomic mass is 16.6. The fourth-order valence-corrected chi connectivity index (χ4v) is 4.94. The van der Waals surface area contributed by atoms with Crippen LogP contribution in [-0.4, -0.2) is 24.1 Å². The summed E-state index contributed by atoms with van der Waals surface area (Å²) < 4.78 is 11.3. The van der Waals surface area contributed by atoms with Crippen molar-refractivity contribution in [2.75, 3.05) is 0 Å². The van der Waals surface area contributed by atoms with Crippen LogP contribution >= 0.6 is 0 Å². The van der Waals surface area contributed by atoms with Crippen LogP contribution in [0.1, 0.15) is 47.5 Å². The van der Waals surface area contributed by atoms with Gasteiger partial charge in [-0.3, -0.25) is 9.59 Å². The number of esters is 2. The Balaban J connectivity index is 1.73. The molecule has 4 nitrogen and oxygen atoms in total. The predicted octanol–water partition coefficient (Wildman–Crippen LogP) is 2.80. The molecule has 118 valence electrons. The average Bonchev–Trinajstić information content (AvgIpc) is 2.85. The molecule has 3 fully saturated rings. The summed E-state index contributed by atoms with van der Waals surface area (Å²) in [5, 5.41) is 0. The van der Waals surface area contributed by atoms with Gasteiger partial charge in [0.05, 0.1) is 11.8 Å². The van der Waals surface area contributed by atoms with Crippen molar-refractivity contribution >= 4 is 11.9 Å². The Morgan fingerprint density at radius 2 is 2.05 bits per heavy atom. The average molecular weight is 294 g/mol. The van der Waals surface area contributed by atoms with Gasteiger partial charge in [0.25, 0.3) is 0 Å². The Morgan fingerprint density at radius 3 is 2.67 bits per heavy atom. The molecule has 0 aromatic carbocycles. The van der Waals surface area contributed by atoms with Gasteiger partial charge in [0.15, 0.2) is 0 Å². The summed E-state index contributed by atoms with van der Waals surface area (Å²) in [6.07, 6.45) is 1.18. The summed E-state index contributed by atoms with van der Waals surface area (Å²) in [6, 6.07) is 0. The van der Waals surface area contributed by atoms with Gasteiger partial charge in [0.1, 0.15) is 12.2 Å². The fraction of sp³-hybridized carbons (Fsp3) is 0.882. The lowest BCUT2D eigenvalue weighted by atomic mass is 9.80. The second-order valence-corrected chi connectivity index (χ2v) is 8.13. The van der Waals surface area contributed by atoms with E-state index in [4.69, 9.17) is 9.47 Å². The topological polar surface area (TPSA) is 52.6 Å². The summed E-state index contributed by atoms with van der Waals surface area (Å²) in [6.45, 7) is 10.5. The van der Waals surface area contributed by atoms with E-state index < -0.39 is 0 Å². The summed E-state index contributed by atoms with van der Waals surface area (Å²) in [5.74, 6) is 0.633. The molecule has 1 saturated heterocycles. The highest BCUT2D eigenvalue weighted by Crippen LogP contribution is 2.65. The van der Waals surface area contributed by atoms with Crippen LogP contribution in [0.5, 0.6) is 0 Å². The van der Waals surface area contributed by atoms with Gasteiger partial charge in [0, 0.05) is 11.8 Å². The van der Waals surface area contributed by atoms with Crippen molar-refractivity contribution in [3.05, 3.63) is 0 Å². The minimum absolute atomic E-state index is 0.0216. The van der Waals surface area contributed by atoms with Crippen LogP contribution in [0, 0.1) is 35.0 Å². The van der Waals surface area contributed by atoms with E-state index in [9.17, 15) is 9.59 Å². The molecule has 0 radical (unpaired) electrons. The Labute approximate surface area is 126 Å². The molecule has 0 N–H and O–H groups in total. The molecule has 6 unspecified atom stereocenters. The Kier molecular flexibility index (Phi) is 3.34. The highest BCUT2D eigenvalue weighted by molar-refractivity contribution is 5.78. The first kappa shape index (κ1) is 14.9. The van der Waals surface area contributed by atoms with Crippen LogP contribution in [0.15, 0.2) is 0 Å². The highest BCUT2D eigenvalue weighted by Gasteiger charge is 2.71.